The third kappa shape index (κ3) is 4.17. The highest BCUT2D eigenvalue weighted by atomic mass is 32.2. The molecule has 0 fully saturated rings. The standard InChI is InChI=1S/C23H29NO2S/c1-5-7-13-23(6-2)16-27-21-15-20(26-4)19(25-3)14-18(21)22(24-23)17-11-9-8-10-12-17/h7-15,22,24H,5-6,16H2,1-4H3/b13-7+. The van der Waals surface area contributed by atoms with Crippen molar-refractivity contribution < 1.29 is 9.47 Å². The topological polar surface area (TPSA) is 30.5 Å². The Labute approximate surface area is 167 Å². The molecule has 0 bridgehead atoms. The lowest BCUT2D eigenvalue weighted by molar-refractivity contribution is 0.351. The number of benzene rings is 2. The SMILES string of the molecule is CC/C=C/C1(CC)CSc2cc(OC)c(OC)cc2C(c2ccccc2)N1. The molecule has 3 nitrogen and oxygen atoms in total. The van der Waals surface area contributed by atoms with E-state index in [0.29, 0.717) is 0 Å². The molecule has 2 atom stereocenters. The Balaban J connectivity index is 2.15. The molecule has 1 aliphatic heterocycles. The molecule has 3 rings (SSSR count). The van der Waals surface area contributed by atoms with Crippen LogP contribution in [0.5, 0.6) is 11.5 Å². The molecule has 1 N–H and O–H groups in total. The molecule has 2 aromatic carbocycles. The quantitative estimate of drug-likeness (QED) is 0.658. The molecule has 0 saturated heterocycles. The zero-order chi connectivity index (χ0) is 19.3. The van der Waals surface area contributed by atoms with Crippen LogP contribution in [-0.2, 0) is 0 Å². The minimum absolute atomic E-state index is 0.0549. The molecule has 4 heteroatoms. The van der Waals surface area contributed by atoms with Gasteiger partial charge in [-0.05, 0) is 36.1 Å². The van der Waals surface area contributed by atoms with Gasteiger partial charge in [-0.25, -0.2) is 0 Å². The van der Waals surface area contributed by atoms with Crippen LogP contribution in [0.4, 0.5) is 0 Å². The summed E-state index contributed by atoms with van der Waals surface area (Å²) in [6.45, 7) is 4.44. The van der Waals surface area contributed by atoms with Gasteiger partial charge in [0, 0.05) is 16.2 Å². The van der Waals surface area contributed by atoms with E-state index in [-0.39, 0.29) is 11.6 Å². The van der Waals surface area contributed by atoms with Gasteiger partial charge in [-0.15, -0.1) is 11.8 Å². The average Bonchev–Trinajstić information content (AvgIpc) is 2.89. The number of thioether (sulfide) groups is 1. The van der Waals surface area contributed by atoms with Gasteiger partial charge in [0.05, 0.1) is 20.3 Å². The number of methoxy groups -OCH3 is 2. The number of rotatable bonds is 6. The van der Waals surface area contributed by atoms with Crippen LogP contribution >= 0.6 is 11.8 Å². The molecule has 0 spiro atoms. The Hall–Kier alpha value is -1.91. The number of hydrogen-bond acceptors (Lipinski definition) is 4. The van der Waals surface area contributed by atoms with Crippen molar-refractivity contribution in [3.8, 4) is 11.5 Å². The molecule has 144 valence electrons. The molecule has 0 aromatic heterocycles. The van der Waals surface area contributed by atoms with Crippen LogP contribution in [0.15, 0.2) is 59.5 Å². The molecule has 0 amide bonds. The minimum Gasteiger partial charge on any atom is -0.493 e. The number of nitrogens with one attached hydrogen (secondary N) is 1. The fourth-order valence-corrected chi connectivity index (χ4v) is 4.84. The normalized spacial score (nSPS) is 22.3. The van der Waals surface area contributed by atoms with Crippen LogP contribution in [0.2, 0.25) is 0 Å². The number of hydrogen-bond donors (Lipinski definition) is 1. The summed E-state index contributed by atoms with van der Waals surface area (Å²) in [5.74, 6) is 2.53. The number of fused-ring (bicyclic) bond motifs is 1. The summed E-state index contributed by atoms with van der Waals surface area (Å²) in [7, 11) is 3.39. The average molecular weight is 384 g/mol. The van der Waals surface area contributed by atoms with Crippen molar-refractivity contribution in [2.75, 3.05) is 20.0 Å². The van der Waals surface area contributed by atoms with Gasteiger partial charge in [-0.2, -0.15) is 0 Å². The zero-order valence-electron chi connectivity index (χ0n) is 16.6. The molecule has 1 heterocycles. The highest BCUT2D eigenvalue weighted by Crippen LogP contribution is 2.44. The van der Waals surface area contributed by atoms with Gasteiger partial charge in [-0.3, -0.25) is 5.32 Å². The molecule has 0 saturated carbocycles. The molecule has 0 aliphatic carbocycles. The third-order valence-corrected chi connectivity index (χ3v) is 6.50. The van der Waals surface area contributed by atoms with Crippen molar-refractivity contribution >= 4 is 11.8 Å². The predicted molar refractivity (Wildman–Crippen MR) is 114 cm³/mol. The Kier molecular flexibility index (Phi) is 6.51. The van der Waals surface area contributed by atoms with Gasteiger partial charge < -0.3 is 9.47 Å². The Bertz CT molecular complexity index is 790. The maximum atomic E-state index is 5.59. The van der Waals surface area contributed by atoms with Crippen molar-refractivity contribution in [1.29, 1.82) is 0 Å². The van der Waals surface area contributed by atoms with E-state index in [1.807, 2.05) is 11.8 Å². The molecule has 2 unspecified atom stereocenters. The van der Waals surface area contributed by atoms with Crippen LogP contribution in [0.1, 0.15) is 43.9 Å². The van der Waals surface area contributed by atoms with Gasteiger partial charge in [0.15, 0.2) is 11.5 Å². The largest absolute Gasteiger partial charge is 0.493 e. The Morgan fingerprint density at radius 1 is 1.11 bits per heavy atom. The Morgan fingerprint density at radius 2 is 1.81 bits per heavy atom. The zero-order valence-corrected chi connectivity index (χ0v) is 17.4. The second kappa shape index (κ2) is 8.85. The molecule has 2 aromatic rings. The van der Waals surface area contributed by atoms with Crippen LogP contribution in [0.3, 0.4) is 0 Å². The lowest BCUT2D eigenvalue weighted by atomic mass is 9.91. The summed E-state index contributed by atoms with van der Waals surface area (Å²) >= 11 is 1.89. The number of ether oxygens (including phenoxy) is 2. The summed E-state index contributed by atoms with van der Waals surface area (Å²) < 4.78 is 11.1. The van der Waals surface area contributed by atoms with Crippen LogP contribution in [-0.4, -0.2) is 25.5 Å². The van der Waals surface area contributed by atoms with E-state index in [4.69, 9.17) is 9.47 Å². The number of allylic oxidation sites excluding steroid dienone is 1. The van der Waals surface area contributed by atoms with Crippen molar-refractivity contribution in [2.45, 2.75) is 43.2 Å². The summed E-state index contributed by atoms with van der Waals surface area (Å²) in [6, 6.07) is 15.0. The molecule has 1 aliphatic rings. The lowest BCUT2D eigenvalue weighted by Crippen LogP contribution is -2.46. The van der Waals surface area contributed by atoms with E-state index >= 15 is 0 Å². The first kappa shape index (κ1) is 19.8. The maximum absolute atomic E-state index is 5.59. The third-order valence-electron chi connectivity index (χ3n) is 5.18. The Morgan fingerprint density at radius 3 is 2.44 bits per heavy atom. The van der Waals surface area contributed by atoms with Gasteiger partial charge in [0.25, 0.3) is 0 Å². The van der Waals surface area contributed by atoms with E-state index in [9.17, 15) is 0 Å². The smallest absolute Gasteiger partial charge is 0.161 e. The van der Waals surface area contributed by atoms with Crippen molar-refractivity contribution in [3.63, 3.8) is 0 Å². The molecule has 0 radical (unpaired) electrons. The second-order valence-corrected chi connectivity index (χ2v) is 7.86. The fraction of sp³-hybridized carbons (Fsp3) is 0.391. The van der Waals surface area contributed by atoms with Crippen LogP contribution < -0.4 is 14.8 Å². The minimum atomic E-state index is -0.0549. The van der Waals surface area contributed by atoms with Gasteiger partial charge in [0.1, 0.15) is 0 Å². The van der Waals surface area contributed by atoms with Crippen molar-refractivity contribution in [3.05, 3.63) is 65.7 Å². The van der Waals surface area contributed by atoms with E-state index in [2.05, 4.69) is 73.8 Å². The van der Waals surface area contributed by atoms with E-state index < -0.39 is 0 Å². The molecular weight excluding hydrogens is 354 g/mol. The first-order valence-electron chi connectivity index (χ1n) is 9.55. The second-order valence-electron chi connectivity index (χ2n) is 6.84. The summed E-state index contributed by atoms with van der Waals surface area (Å²) in [6.07, 6.45) is 6.70. The highest BCUT2D eigenvalue weighted by Gasteiger charge is 2.34. The van der Waals surface area contributed by atoms with Crippen LogP contribution in [0, 0.1) is 0 Å². The van der Waals surface area contributed by atoms with E-state index in [1.165, 1.54) is 16.0 Å². The summed E-state index contributed by atoms with van der Waals surface area (Å²) in [5, 5.41) is 3.97. The fourth-order valence-electron chi connectivity index (χ4n) is 3.51. The molecule has 27 heavy (non-hydrogen) atoms. The summed E-state index contributed by atoms with van der Waals surface area (Å²) in [5.41, 5.74) is 2.45. The van der Waals surface area contributed by atoms with Gasteiger partial charge in [0.2, 0.25) is 0 Å². The van der Waals surface area contributed by atoms with Crippen molar-refractivity contribution in [2.24, 2.45) is 0 Å². The van der Waals surface area contributed by atoms with Gasteiger partial charge in [-0.1, -0.05) is 56.3 Å². The predicted octanol–water partition coefficient (Wildman–Crippen LogP) is 5.60. The van der Waals surface area contributed by atoms with E-state index in [0.717, 1.165) is 30.1 Å². The summed E-state index contributed by atoms with van der Waals surface area (Å²) in [4.78, 5) is 1.24. The molecular formula is C23H29NO2S. The van der Waals surface area contributed by atoms with Crippen LogP contribution in [0.25, 0.3) is 0 Å². The highest BCUT2D eigenvalue weighted by molar-refractivity contribution is 7.99. The monoisotopic (exact) mass is 383 g/mol. The first-order chi connectivity index (χ1) is 13.2. The van der Waals surface area contributed by atoms with Crippen molar-refractivity contribution in [1.82, 2.24) is 5.32 Å². The van der Waals surface area contributed by atoms with Gasteiger partial charge >= 0.3 is 0 Å². The maximum Gasteiger partial charge on any atom is 0.161 e. The first-order valence-corrected chi connectivity index (χ1v) is 10.5. The van der Waals surface area contributed by atoms with E-state index in [1.54, 1.807) is 14.2 Å². The lowest BCUT2D eigenvalue weighted by Gasteiger charge is -2.33.